The number of amides is 1. The van der Waals surface area contributed by atoms with Crippen molar-refractivity contribution in [2.75, 3.05) is 26.2 Å². The number of carbonyl (C=O) groups excluding carboxylic acids is 1. The molecule has 1 aliphatic rings. The zero-order valence-corrected chi connectivity index (χ0v) is 8.92. The molecule has 0 aromatic carbocycles. The highest BCUT2D eigenvalue weighted by Crippen LogP contribution is 2.06. The van der Waals surface area contributed by atoms with Gasteiger partial charge in [0.1, 0.15) is 0 Å². The van der Waals surface area contributed by atoms with Gasteiger partial charge in [-0.1, -0.05) is 6.92 Å². The topological polar surface area (TPSA) is 23.6 Å². The van der Waals surface area contributed by atoms with Gasteiger partial charge in [-0.3, -0.25) is 9.69 Å². The van der Waals surface area contributed by atoms with Crippen molar-refractivity contribution in [3.8, 4) is 0 Å². The van der Waals surface area contributed by atoms with Crippen molar-refractivity contribution in [1.82, 2.24) is 9.80 Å². The van der Waals surface area contributed by atoms with Crippen molar-refractivity contribution < 1.29 is 4.79 Å². The van der Waals surface area contributed by atoms with Crippen molar-refractivity contribution in [1.29, 1.82) is 0 Å². The van der Waals surface area contributed by atoms with Crippen LogP contribution >= 0.6 is 0 Å². The second kappa shape index (κ2) is 4.61. The lowest BCUT2D eigenvalue weighted by atomic mass is 10.2. The number of rotatable bonds is 2. The van der Waals surface area contributed by atoms with E-state index in [1.54, 1.807) is 0 Å². The number of hydrogen-bond donors (Lipinski definition) is 0. The van der Waals surface area contributed by atoms with Gasteiger partial charge in [0, 0.05) is 38.6 Å². The molecule has 0 aliphatic carbocycles. The SMILES string of the molecule is CCC(=O)N1CCN(C(C)C)CC1. The monoisotopic (exact) mass is 184 g/mol. The molecule has 76 valence electrons. The summed E-state index contributed by atoms with van der Waals surface area (Å²) in [5.74, 6) is 0.295. The van der Waals surface area contributed by atoms with Gasteiger partial charge in [-0.25, -0.2) is 0 Å². The van der Waals surface area contributed by atoms with Crippen molar-refractivity contribution >= 4 is 5.91 Å². The average molecular weight is 184 g/mol. The van der Waals surface area contributed by atoms with E-state index in [0.717, 1.165) is 26.2 Å². The molecular formula is C10H20N2O. The Kier molecular flexibility index (Phi) is 3.72. The van der Waals surface area contributed by atoms with Crippen LogP contribution in [0.5, 0.6) is 0 Å². The van der Waals surface area contributed by atoms with E-state index in [1.807, 2.05) is 11.8 Å². The summed E-state index contributed by atoms with van der Waals surface area (Å²) in [5, 5.41) is 0. The Labute approximate surface area is 80.7 Å². The fraction of sp³-hybridized carbons (Fsp3) is 0.900. The molecule has 1 saturated heterocycles. The highest BCUT2D eigenvalue weighted by atomic mass is 16.2. The van der Waals surface area contributed by atoms with E-state index in [-0.39, 0.29) is 0 Å². The summed E-state index contributed by atoms with van der Waals surface area (Å²) in [7, 11) is 0. The molecule has 1 fully saturated rings. The molecule has 0 bridgehead atoms. The molecular weight excluding hydrogens is 164 g/mol. The molecule has 0 N–H and O–H groups in total. The van der Waals surface area contributed by atoms with Gasteiger partial charge >= 0.3 is 0 Å². The van der Waals surface area contributed by atoms with Crippen LogP contribution in [-0.4, -0.2) is 47.9 Å². The number of nitrogens with zero attached hydrogens (tertiary/aromatic N) is 2. The minimum absolute atomic E-state index is 0.295. The number of carbonyl (C=O) groups is 1. The van der Waals surface area contributed by atoms with Gasteiger partial charge < -0.3 is 4.90 Å². The first-order valence-corrected chi connectivity index (χ1v) is 5.17. The molecule has 0 atom stereocenters. The summed E-state index contributed by atoms with van der Waals surface area (Å²) in [5.41, 5.74) is 0. The van der Waals surface area contributed by atoms with E-state index in [1.165, 1.54) is 0 Å². The van der Waals surface area contributed by atoms with Gasteiger partial charge in [0.05, 0.1) is 0 Å². The first-order chi connectivity index (χ1) is 6.15. The predicted molar refractivity (Wildman–Crippen MR) is 53.6 cm³/mol. The smallest absolute Gasteiger partial charge is 0.222 e. The predicted octanol–water partition coefficient (Wildman–Crippen LogP) is 0.949. The van der Waals surface area contributed by atoms with Crippen molar-refractivity contribution in [2.45, 2.75) is 33.2 Å². The maximum atomic E-state index is 11.4. The van der Waals surface area contributed by atoms with Gasteiger partial charge in [0.2, 0.25) is 5.91 Å². The summed E-state index contributed by atoms with van der Waals surface area (Å²) in [6.45, 7) is 10.2. The maximum absolute atomic E-state index is 11.4. The zero-order valence-electron chi connectivity index (χ0n) is 8.92. The van der Waals surface area contributed by atoms with Crippen LogP contribution in [0.15, 0.2) is 0 Å². The Morgan fingerprint density at radius 3 is 2.15 bits per heavy atom. The first kappa shape index (κ1) is 10.5. The molecule has 0 saturated carbocycles. The highest BCUT2D eigenvalue weighted by Gasteiger charge is 2.20. The van der Waals surface area contributed by atoms with E-state index in [0.29, 0.717) is 18.4 Å². The van der Waals surface area contributed by atoms with Crippen molar-refractivity contribution in [3.05, 3.63) is 0 Å². The summed E-state index contributed by atoms with van der Waals surface area (Å²) < 4.78 is 0. The van der Waals surface area contributed by atoms with E-state index >= 15 is 0 Å². The third-order valence-corrected chi connectivity index (χ3v) is 2.70. The fourth-order valence-corrected chi connectivity index (χ4v) is 1.71. The molecule has 0 aromatic heterocycles. The van der Waals surface area contributed by atoms with Crippen LogP contribution in [0.2, 0.25) is 0 Å². The van der Waals surface area contributed by atoms with Crippen LogP contribution in [0.4, 0.5) is 0 Å². The maximum Gasteiger partial charge on any atom is 0.222 e. The first-order valence-electron chi connectivity index (χ1n) is 5.17. The molecule has 0 unspecified atom stereocenters. The van der Waals surface area contributed by atoms with Gasteiger partial charge in [-0.2, -0.15) is 0 Å². The standard InChI is InChI=1S/C10H20N2O/c1-4-10(13)12-7-5-11(6-8-12)9(2)3/h9H,4-8H2,1-3H3. The molecule has 0 radical (unpaired) electrons. The van der Waals surface area contributed by atoms with Crippen LogP contribution in [0.3, 0.4) is 0 Å². The largest absolute Gasteiger partial charge is 0.340 e. The van der Waals surface area contributed by atoms with Crippen molar-refractivity contribution in [2.24, 2.45) is 0 Å². The molecule has 0 aromatic rings. The third kappa shape index (κ3) is 2.69. The Balaban J connectivity index is 2.34. The molecule has 3 nitrogen and oxygen atoms in total. The second-order valence-electron chi connectivity index (χ2n) is 3.86. The second-order valence-corrected chi connectivity index (χ2v) is 3.86. The van der Waals surface area contributed by atoms with Gasteiger partial charge in [-0.05, 0) is 13.8 Å². The van der Waals surface area contributed by atoms with E-state index in [4.69, 9.17) is 0 Å². The molecule has 0 spiro atoms. The van der Waals surface area contributed by atoms with E-state index < -0.39 is 0 Å². The quantitative estimate of drug-likeness (QED) is 0.638. The van der Waals surface area contributed by atoms with Gasteiger partial charge in [0.25, 0.3) is 0 Å². The van der Waals surface area contributed by atoms with E-state index in [9.17, 15) is 4.79 Å². The average Bonchev–Trinajstić information content (AvgIpc) is 2.17. The molecule has 1 heterocycles. The molecule has 13 heavy (non-hydrogen) atoms. The molecule has 3 heteroatoms. The Hall–Kier alpha value is -0.570. The molecule has 1 aliphatic heterocycles. The lowest BCUT2D eigenvalue weighted by Crippen LogP contribution is -2.50. The number of hydrogen-bond acceptors (Lipinski definition) is 2. The van der Waals surface area contributed by atoms with Crippen LogP contribution < -0.4 is 0 Å². The van der Waals surface area contributed by atoms with Crippen LogP contribution in [0, 0.1) is 0 Å². The minimum Gasteiger partial charge on any atom is -0.340 e. The van der Waals surface area contributed by atoms with Crippen LogP contribution in [0.25, 0.3) is 0 Å². The Morgan fingerprint density at radius 2 is 1.77 bits per heavy atom. The zero-order chi connectivity index (χ0) is 9.84. The lowest BCUT2D eigenvalue weighted by molar-refractivity contribution is -0.132. The van der Waals surface area contributed by atoms with Crippen molar-refractivity contribution in [3.63, 3.8) is 0 Å². The van der Waals surface area contributed by atoms with E-state index in [2.05, 4.69) is 18.7 Å². The molecule has 1 amide bonds. The lowest BCUT2D eigenvalue weighted by Gasteiger charge is -2.36. The summed E-state index contributed by atoms with van der Waals surface area (Å²) in [4.78, 5) is 15.7. The summed E-state index contributed by atoms with van der Waals surface area (Å²) in [6.07, 6.45) is 0.641. The fourth-order valence-electron chi connectivity index (χ4n) is 1.71. The van der Waals surface area contributed by atoms with Crippen LogP contribution in [-0.2, 0) is 4.79 Å². The van der Waals surface area contributed by atoms with Gasteiger partial charge in [-0.15, -0.1) is 0 Å². The minimum atomic E-state index is 0.295. The molecule has 1 rings (SSSR count). The number of piperazine rings is 1. The summed E-state index contributed by atoms with van der Waals surface area (Å²) >= 11 is 0. The Bertz CT molecular complexity index is 172. The Morgan fingerprint density at radius 1 is 1.23 bits per heavy atom. The van der Waals surface area contributed by atoms with Gasteiger partial charge in [0.15, 0.2) is 0 Å². The normalized spacial score (nSPS) is 19.5. The summed E-state index contributed by atoms with van der Waals surface area (Å²) in [6, 6.07) is 0.610. The highest BCUT2D eigenvalue weighted by molar-refractivity contribution is 5.75. The van der Waals surface area contributed by atoms with Crippen LogP contribution in [0.1, 0.15) is 27.2 Å². The third-order valence-electron chi connectivity index (χ3n) is 2.70.